The molecule has 0 atom stereocenters. The average molecular weight is 222 g/mol. The molecule has 0 spiro atoms. The van der Waals surface area contributed by atoms with E-state index in [1.165, 1.54) is 18.1 Å². The summed E-state index contributed by atoms with van der Waals surface area (Å²) in [4.78, 5) is 31.5. The molecule has 0 radical (unpaired) electrons. The van der Waals surface area contributed by atoms with Gasteiger partial charge in [-0.15, -0.1) is 0 Å². The first kappa shape index (κ1) is 10.3. The van der Waals surface area contributed by atoms with Crippen LogP contribution < -0.4 is 15.4 Å². The first-order chi connectivity index (χ1) is 7.60. The molecule has 0 unspecified atom stereocenters. The van der Waals surface area contributed by atoms with Crippen molar-refractivity contribution in [1.29, 1.82) is 0 Å². The zero-order valence-electron chi connectivity index (χ0n) is 8.64. The Morgan fingerprint density at radius 3 is 2.75 bits per heavy atom. The lowest BCUT2D eigenvalue weighted by atomic mass is 10.3. The number of carbonyl (C=O) groups excluding carboxylic acids is 2. The largest absolute Gasteiger partial charge is 0.481 e. The second-order valence-corrected chi connectivity index (χ2v) is 3.32. The highest BCUT2D eigenvalue weighted by Gasteiger charge is 2.30. The number of nitrogens with two attached hydrogens (primary N) is 1. The molecule has 0 aliphatic carbocycles. The van der Waals surface area contributed by atoms with Crippen LogP contribution in [0.3, 0.4) is 0 Å². The molecule has 16 heavy (non-hydrogen) atoms. The van der Waals surface area contributed by atoms with E-state index in [1.807, 2.05) is 0 Å². The third-order valence-electron chi connectivity index (χ3n) is 2.18. The standard InChI is InChI=1S/C9H10N4O3/c1-16-7-3-6(11-9(10)12-7)13-4-5(14)2-8(13)15/h3H,2,4H2,1H3,(H2,10,11,12). The highest BCUT2D eigenvalue weighted by Crippen LogP contribution is 2.21. The van der Waals surface area contributed by atoms with Gasteiger partial charge >= 0.3 is 0 Å². The molecule has 1 aromatic heterocycles. The minimum absolute atomic E-state index is 0.00139. The number of methoxy groups -OCH3 is 1. The van der Waals surface area contributed by atoms with Gasteiger partial charge in [-0.05, 0) is 0 Å². The molecule has 7 nitrogen and oxygen atoms in total. The number of nitrogen functional groups attached to an aromatic ring is 1. The highest BCUT2D eigenvalue weighted by molar-refractivity contribution is 6.14. The molecule has 1 amide bonds. The summed E-state index contributed by atoms with van der Waals surface area (Å²) in [5.74, 6) is 0.127. The molecule has 1 aliphatic rings. The van der Waals surface area contributed by atoms with Crippen LogP contribution in [0.5, 0.6) is 5.88 Å². The summed E-state index contributed by atoms with van der Waals surface area (Å²) in [6.07, 6.45) is -0.0910. The van der Waals surface area contributed by atoms with Crippen LogP contribution in [-0.2, 0) is 9.59 Å². The van der Waals surface area contributed by atoms with Gasteiger partial charge in [0.05, 0.1) is 20.1 Å². The van der Waals surface area contributed by atoms with Crippen molar-refractivity contribution >= 4 is 23.5 Å². The number of hydrogen-bond donors (Lipinski definition) is 1. The van der Waals surface area contributed by atoms with Gasteiger partial charge in [0.25, 0.3) is 0 Å². The number of amides is 1. The predicted octanol–water partition coefficient (Wildman–Crippen LogP) is -0.627. The van der Waals surface area contributed by atoms with Gasteiger partial charge in [0.1, 0.15) is 5.82 Å². The maximum atomic E-state index is 11.5. The highest BCUT2D eigenvalue weighted by atomic mass is 16.5. The molecule has 2 rings (SSSR count). The van der Waals surface area contributed by atoms with Crippen molar-refractivity contribution in [2.75, 3.05) is 24.3 Å². The minimum Gasteiger partial charge on any atom is -0.481 e. The second-order valence-electron chi connectivity index (χ2n) is 3.32. The molecule has 1 fully saturated rings. The zero-order valence-corrected chi connectivity index (χ0v) is 8.64. The molecular formula is C9H10N4O3. The van der Waals surface area contributed by atoms with E-state index in [-0.39, 0.29) is 36.5 Å². The van der Waals surface area contributed by atoms with Crippen LogP contribution in [0.4, 0.5) is 11.8 Å². The number of nitrogens with zero attached hydrogens (tertiary/aromatic N) is 3. The molecule has 2 heterocycles. The molecule has 0 saturated carbocycles. The molecule has 1 saturated heterocycles. The molecule has 7 heteroatoms. The molecule has 1 aliphatic heterocycles. The van der Waals surface area contributed by atoms with Crippen molar-refractivity contribution in [3.63, 3.8) is 0 Å². The minimum atomic E-state index is -0.287. The Hall–Kier alpha value is -2.18. The van der Waals surface area contributed by atoms with Crippen molar-refractivity contribution in [2.45, 2.75) is 6.42 Å². The van der Waals surface area contributed by atoms with E-state index < -0.39 is 0 Å². The molecule has 0 bridgehead atoms. The van der Waals surface area contributed by atoms with Crippen LogP contribution in [0.25, 0.3) is 0 Å². The molecular weight excluding hydrogens is 212 g/mol. The fourth-order valence-corrected chi connectivity index (χ4v) is 1.47. The lowest BCUT2D eigenvalue weighted by Gasteiger charge is -2.14. The summed E-state index contributed by atoms with van der Waals surface area (Å²) >= 11 is 0. The number of anilines is 2. The lowest BCUT2D eigenvalue weighted by molar-refractivity contribution is -0.121. The Labute approximate surface area is 91.2 Å². The van der Waals surface area contributed by atoms with Gasteiger partial charge in [0.15, 0.2) is 5.78 Å². The fourth-order valence-electron chi connectivity index (χ4n) is 1.47. The predicted molar refractivity (Wildman–Crippen MR) is 55.0 cm³/mol. The molecule has 1 aromatic rings. The summed E-state index contributed by atoms with van der Waals surface area (Å²) in [5, 5.41) is 0. The second kappa shape index (κ2) is 3.76. The van der Waals surface area contributed by atoms with Crippen LogP contribution in [-0.4, -0.2) is 35.3 Å². The van der Waals surface area contributed by atoms with Crippen LogP contribution in [0.15, 0.2) is 6.07 Å². The SMILES string of the molecule is COc1cc(N2CC(=O)CC2=O)nc(N)n1. The van der Waals surface area contributed by atoms with Gasteiger partial charge in [-0.1, -0.05) is 0 Å². The van der Waals surface area contributed by atoms with E-state index in [1.54, 1.807) is 0 Å². The first-order valence-corrected chi connectivity index (χ1v) is 4.61. The summed E-state index contributed by atoms with van der Waals surface area (Å²) < 4.78 is 4.90. The molecule has 0 aromatic carbocycles. The first-order valence-electron chi connectivity index (χ1n) is 4.61. The van der Waals surface area contributed by atoms with Crippen LogP contribution in [0.1, 0.15) is 6.42 Å². The van der Waals surface area contributed by atoms with Crippen LogP contribution >= 0.6 is 0 Å². The van der Waals surface area contributed by atoms with Gasteiger partial charge in [-0.2, -0.15) is 9.97 Å². The van der Waals surface area contributed by atoms with Crippen molar-refractivity contribution in [1.82, 2.24) is 9.97 Å². The number of rotatable bonds is 2. The van der Waals surface area contributed by atoms with Crippen LogP contribution in [0.2, 0.25) is 0 Å². The van der Waals surface area contributed by atoms with Gasteiger partial charge in [0.2, 0.25) is 17.7 Å². The Morgan fingerprint density at radius 1 is 1.44 bits per heavy atom. The number of hydrogen-bond acceptors (Lipinski definition) is 6. The van der Waals surface area contributed by atoms with Crippen LogP contribution in [0, 0.1) is 0 Å². The Bertz CT molecular complexity index is 460. The van der Waals surface area contributed by atoms with Gasteiger partial charge in [-0.25, -0.2) is 0 Å². The summed E-state index contributed by atoms with van der Waals surface area (Å²) in [5.41, 5.74) is 5.46. The van der Waals surface area contributed by atoms with Crippen molar-refractivity contribution in [3.8, 4) is 5.88 Å². The molecule has 2 N–H and O–H groups in total. The van der Waals surface area contributed by atoms with E-state index in [4.69, 9.17) is 10.5 Å². The summed E-state index contributed by atoms with van der Waals surface area (Å²) in [6, 6.07) is 1.47. The topological polar surface area (TPSA) is 98.4 Å². The third kappa shape index (κ3) is 1.79. The maximum Gasteiger partial charge on any atom is 0.236 e. The van der Waals surface area contributed by atoms with Crippen molar-refractivity contribution < 1.29 is 14.3 Å². The third-order valence-corrected chi connectivity index (χ3v) is 2.18. The average Bonchev–Trinajstić information content (AvgIpc) is 2.57. The summed E-state index contributed by atoms with van der Waals surface area (Å²) in [7, 11) is 1.43. The normalized spacial score (nSPS) is 15.7. The fraction of sp³-hybridized carbons (Fsp3) is 0.333. The van der Waals surface area contributed by atoms with Gasteiger partial charge in [-0.3, -0.25) is 14.5 Å². The number of Topliss-reactive ketones (excluding diaryl/α,β-unsaturated/α-hetero) is 1. The lowest BCUT2D eigenvalue weighted by Crippen LogP contribution is -2.26. The quantitative estimate of drug-likeness (QED) is 0.669. The summed E-state index contributed by atoms with van der Waals surface area (Å²) in [6.45, 7) is 0.0262. The van der Waals surface area contributed by atoms with E-state index >= 15 is 0 Å². The van der Waals surface area contributed by atoms with Gasteiger partial charge < -0.3 is 10.5 Å². The monoisotopic (exact) mass is 222 g/mol. The van der Waals surface area contributed by atoms with Gasteiger partial charge in [0, 0.05) is 6.07 Å². The van der Waals surface area contributed by atoms with E-state index in [9.17, 15) is 9.59 Å². The maximum absolute atomic E-state index is 11.5. The Balaban J connectivity index is 2.36. The smallest absolute Gasteiger partial charge is 0.236 e. The number of ketones is 1. The van der Waals surface area contributed by atoms with Crippen molar-refractivity contribution in [3.05, 3.63) is 6.07 Å². The number of ether oxygens (including phenoxy) is 1. The van der Waals surface area contributed by atoms with E-state index in [0.717, 1.165) is 0 Å². The molecule has 84 valence electrons. The number of aromatic nitrogens is 2. The zero-order chi connectivity index (χ0) is 11.7. The van der Waals surface area contributed by atoms with E-state index in [2.05, 4.69) is 9.97 Å². The van der Waals surface area contributed by atoms with E-state index in [0.29, 0.717) is 5.82 Å². The van der Waals surface area contributed by atoms with Crippen molar-refractivity contribution in [2.24, 2.45) is 0 Å². The Morgan fingerprint density at radius 2 is 2.19 bits per heavy atom. The Kier molecular flexibility index (Phi) is 2.43. The number of carbonyl (C=O) groups is 2.